The fourth-order valence-corrected chi connectivity index (χ4v) is 1.70. The molecular weight excluding hydrogens is 312 g/mol. The number of carbonyl (C=O) groups excluding carboxylic acids is 3. The van der Waals surface area contributed by atoms with Crippen LogP contribution in [-0.4, -0.2) is 39.2 Å². The van der Waals surface area contributed by atoms with E-state index in [1.807, 2.05) is 6.07 Å². The predicted molar refractivity (Wildman–Crippen MR) is 86.9 cm³/mol. The average molecular weight is 330 g/mol. The number of hydrogen-bond acceptors (Lipinski definition) is 6. The minimum atomic E-state index is -0.476. The van der Waals surface area contributed by atoms with E-state index in [1.165, 1.54) is 27.4 Å². The normalized spacial score (nSPS) is 9.12. The molecule has 6 nitrogen and oxygen atoms in total. The molecule has 2 aromatic carbocycles. The summed E-state index contributed by atoms with van der Waals surface area (Å²) >= 11 is 0. The van der Waals surface area contributed by atoms with Gasteiger partial charge in [-0.05, 0) is 30.3 Å². The van der Waals surface area contributed by atoms with Gasteiger partial charge in [-0.3, -0.25) is 0 Å². The van der Waals surface area contributed by atoms with Gasteiger partial charge >= 0.3 is 17.9 Å². The molecule has 0 saturated carbocycles. The smallest absolute Gasteiger partial charge is 0.337 e. The first-order valence-electron chi connectivity index (χ1n) is 6.93. The van der Waals surface area contributed by atoms with Gasteiger partial charge in [-0.25, -0.2) is 14.4 Å². The number of esters is 3. The van der Waals surface area contributed by atoms with Crippen LogP contribution in [-0.2, 0) is 14.2 Å². The van der Waals surface area contributed by atoms with Crippen LogP contribution in [0.25, 0.3) is 0 Å². The third-order valence-electron chi connectivity index (χ3n) is 2.90. The molecule has 0 aromatic heterocycles. The standard InChI is InChI=1S/C10H10O4.C8H8O2/c1-13-9(11)7-4-3-5-8(6-7)10(12)14-2;1-10-8(9)7-5-3-2-4-6-7/h3-6H,1-2H3;2-6H,1H3. The van der Waals surface area contributed by atoms with Crippen molar-refractivity contribution in [1.82, 2.24) is 0 Å². The first-order chi connectivity index (χ1) is 11.5. The Labute approximate surface area is 140 Å². The molecule has 0 atom stereocenters. The van der Waals surface area contributed by atoms with E-state index >= 15 is 0 Å². The van der Waals surface area contributed by atoms with Gasteiger partial charge in [-0.1, -0.05) is 24.3 Å². The van der Waals surface area contributed by atoms with Gasteiger partial charge in [0.05, 0.1) is 38.0 Å². The van der Waals surface area contributed by atoms with Gasteiger partial charge in [0.15, 0.2) is 0 Å². The Hall–Kier alpha value is -3.15. The largest absolute Gasteiger partial charge is 0.465 e. The zero-order valence-corrected chi connectivity index (χ0v) is 13.6. The van der Waals surface area contributed by atoms with E-state index in [1.54, 1.807) is 42.5 Å². The van der Waals surface area contributed by atoms with Crippen LogP contribution in [0.4, 0.5) is 0 Å². The van der Waals surface area contributed by atoms with Crippen LogP contribution in [0, 0.1) is 0 Å². The van der Waals surface area contributed by atoms with Crippen LogP contribution in [0.3, 0.4) is 0 Å². The van der Waals surface area contributed by atoms with Crippen molar-refractivity contribution >= 4 is 17.9 Å². The van der Waals surface area contributed by atoms with Crippen molar-refractivity contribution in [2.24, 2.45) is 0 Å². The van der Waals surface area contributed by atoms with E-state index in [0.29, 0.717) is 16.7 Å². The maximum absolute atomic E-state index is 11.1. The number of hydrogen-bond donors (Lipinski definition) is 0. The number of rotatable bonds is 3. The topological polar surface area (TPSA) is 78.9 Å². The number of methoxy groups -OCH3 is 3. The Kier molecular flexibility index (Phi) is 7.70. The van der Waals surface area contributed by atoms with Crippen LogP contribution in [0.2, 0.25) is 0 Å². The SMILES string of the molecule is COC(=O)c1cccc(C(=O)OC)c1.COC(=O)c1ccccc1. The van der Waals surface area contributed by atoms with E-state index in [2.05, 4.69) is 14.2 Å². The molecule has 0 N–H and O–H groups in total. The predicted octanol–water partition coefficient (Wildman–Crippen LogP) is 2.73. The molecule has 0 aliphatic rings. The molecule has 0 radical (unpaired) electrons. The first-order valence-corrected chi connectivity index (χ1v) is 6.93. The molecule has 0 unspecified atom stereocenters. The molecule has 0 aliphatic heterocycles. The molecular formula is C18H18O6. The Balaban J connectivity index is 0.000000254. The molecule has 0 fully saturated rings. The van der Waals surface area contributed by atoms with Gasteiger partial charge in [-0.15, -0.1) is 0 Å². The highest BCUT2D eigenvalue weighted by Gasteiger charge is 2.09. The van der Waals surface area contributed by atoms with Gasteiger partial charge in [0.2, 0.25) is 0 Å². The van der Waals surface area contributed by atoms with Crippen molar-refractivity contribution in [2.75, 3.05) is 21.3 Å². The van der Waals surface area contributed by atoms with E-state index < -0.39 is 11.9 Å². The summed E-state index contributed by atoms with van der Waals surface area (Å²) < 4.78 is 13.5. The summed E-state index contributed by atoms with van der Waals surface area (Å²) in [6.07, 6.45) is 0. The summed E-state index contributed by atoms with van der Waals surface area (Å²) in [6, 6.07) is 15.0. The molecule has 24 heavy (non-hydrogen) atoms. The number of carbonyl (C=O) groups is 3. The highest BCUT2D eigenvalue weighted by atomic mass is 16.5. The minimum absolute atomic E-state index is 0.291. The summed E-state index contributed by atoms with van der Waals surface area (Å²) in [6.45, 7) is 0. The maximum atomic E-state index is 11.1. The summed E-state index contributed by atoms with van der Waals surface area (Å²) in [5.41, 5.74) is 1.25. The van der Waals surface area contributed by atoms with Crippen molar-refractivity contribution in [3.63, 3.8) is 0 Å². The third-order valence-corrected chi connectivity index (χ3v) is 2.90. The zero-order chi connectivity index (χ0) is 17.9. The highest BCUT2D eigenvalue weighted by Crippen LogP contribution is 2.07. The summed E-state index contributed by atoms with van der Waals surface area (Å²) in [5.74, 6) is -1.24. The van der Waals surface area contributed by atoms with Crippen LogP contribution in [0.15, 0.2) is 54.6 Å². The first kappa shape index (κ1) is 18.9. The minimum Gasteiger partial charge on any atom is -0.465 e. The van der Waals surface area contributed by atoms with Crippen molar-refractivity contribution < 1.29 is 28.6 Å². The number of benzene rings is 2. The Morgan fingerprint density at radius 3 is 1.38 bits per heavy atom. The molecule has 2 aromatic rings. The van der Waals surface area contributed by atoms with Crippen LogP contribution in [0.1, 0.15) is 31.1 Å². The van der Waals surface area contributed by atoms with Gasteiger partial charge in [0.1, 0.15) is 0 Å². The van der Waals surface area contributed by atoms with E-state index in [0.717, 1.165) is 0 Å². The molecule has 0 spiro atoms. The van der Waals surface area contributed by atoms with Crippen LogP contribution < -0.4 is 0 Å². The molecule has 126 valence electrons. The van der Waals surface area contributed by atoms with Gasteiger partial charge in [-0.2, -0.15) is 0 Å². The summed E-state index contributed by atoms with van der Waals surface area (Å²) in [5, 5.41) is 0. The molecule has 0 saturated heterocycles. The van der Waals surface area contributed by atoms with E-state index in [4.69, 9.17) is 0 Å². The lowest BCUT2D eigenvalue weighted by molar-refractivity contribution is 0.0587. The molecule has 0 heterocycles. The zero-order valence-electron chi connectivity index (χ0n) is 13.6. The molecule has 0 amide bonds. The summed E-state index contributed by atoms with van der Waals surface area (Å²) in [4.78, 5) is 33.0. The van der Waals surface area contributed by atoms with Crippen LogP contribution >= 0.6 is 0 Å². The second-order valence-electron chi connectivity index (χ2n) is 4.42. The second kappa shape index (κ2) is 9.78. The van der Waals surface area contributed by atoms with Gasteiger partial charge < -0.3 is 14.2 Å². The fraction of sp³-hybridized carbons (Fsp3) is 0.167. The second-order valence-corrected chi connectivity index (χ2v) is 4.42. The van der Waals surface area contributed by atoms with E-state index in [-0.39, 0.29) is 5.97 Å². The van der Waals surface area contributed by atoms with E-state index in [9.17, 15) is 14.4 Å². The average Bonchev–Trinajstić information content (AvgIpc) is 2.67. The van der Waals surface area contributed by atoms with Crippen molar-refractivity contribution in [3.8, 4) is 0 Å². The highest BCUT2D eigenvalue weighted by molar-refractivity contribution is 5.95. The molecule has 6 heteroatoms. The number of ether oxygens (including phenoxy) is 3. The fourth-order valence-electron chi connectivity index (χ4n) is 1.70. The van der Waals surface area contributed by atoms with Gasteiger partial charge in [0, 0.05) is 0 Å². The molecule has 2 rings (SSSR count). The Bertz CT molecular complexity index is 662. The van der Waals surface area contributed by atoms with Crippen molar-refractivity contribution in [2.45, 2.75) is 0 Å². The van der Waals surface area contributed by atoms with Gasteiger partial charge in [0.25, 0.3) is 0 Å². The quantitative estimate of drug-likeness (QED) is 0.636. The summed E-state index contributed by atoms with van der Waals surface area (Å²) in [7, 11) is 3.94. The Morgan fingerprint density at radius 2 is 0.958 bits per heavy atom. The molecule has 0 bridgehead atoms. The maximum Gasteiger partial charge on any atom is 0.337 e. The Morgan fingerprint density at radius 1 is 0.583 bits per heavy atom. The van der Waals surface area contributed by atoms with Crippen molar-refractivity contribution in [1.29, 1.82) is 0 Å². The van der Waals surface area contributed by atoms with Crippen molar-refractivity contribution in [3.05, 3.63) is 71.3 Å². The lowest BCUT2D eigenvalue weighted by Crippen LogP contribution is -2.05. The third kappa shape index (κ3) is 5.57. The monoisotopic (exact) mass is 330 g/mol. The lowest BCUT2D eigenvalue weighted by Gasteiger charge is -2.01. The van der Waals surface area contributed by atoms with Crippen LogP contribution in [0.5, 0.6) is 0 Å². The molecule has 0 aliphatic carbocycles. The lowest BCUT2D eigenvalue weighted by atomic mass is 10.1.